The first-order valence-corrected chi connectivity index (χ1v) is 6.33. The van der Waals surface area contributed by atoms with Gasteiger partial charge in [0.15, 0.2) is 0 Å². The summed E-state index contributed by atoms with van der Waals surface area (Å²) in [5, 5.41) is 8.40. The van der Waals surface area contributed by atoms with Crippen molar-refractivity contribution in [3.05, 3.63) is 27.9 Å². The third-order valence-corrected chi connectivity index (χ3v) is 3.24. The number of nitrogens with one attached hydrogen (secondary N) is 1. The van der Waals surface area contributed by atoms with Crippen molar-refractivity contribution in [3.63, 3.8) is 0 Å². The highest BCUT2D eigenvalue weighted by Crippen LogP contribution is 2.19. The van der Waals surface area contributed by atoms with Crippen molar-refractivity contribution in [2.75, 3.05) is 19.0 Å². The van der Waals surface area contributed by atoms with Crippen LogP contribution in [0, 0.1) is 0 Å². The summed E-state index contributed by atoms with van der Waals surface area (Å²) in [6.07, 6.45) is 5.38. The molecule has 0 atom stereocenters. The molecule has 0 aliphatic rings. The van der Waals surface area contributed by atoms with Crippen LogP contribution < -0.4 is 5.32 Å². The van der Waals surface area contributed by atoms with Gasteiger partial charge in [-0.05, 0) is 0 Å². The van der Waals surface area contributed by atoms with Gasteiger partial charge in [-0.3, -0.25) is 4.68 Å². The van der Waals surface area contributed by atoms with Crippen LogP contribution in [0.2, 0.25) is 4.34 Å². The molecule has 0 aromatic carbocycles. The quantitative estimate of drug-likeness (QED) is 0.876. The fourth-order valence-corrected chi connectivity index (χ4v) is 2.21. The van der Waals surface area contributed by atoms with E-state index in [1.165, 1.54) is 11.3 Å². The molecule has 0 fully saturated rings. The molecule has 0 saturated carbocycles. The van der Waals surface area contributed by atoms with Crippen LogP contribution in [0.1, 0.15) is 5.01 Å². The largest absolute Gasteiger partial charge is 0.383 e. The smallest absolute Gasteiger partial charge is 0.113 e. The summed E-state index contributed by atoms with van der Waals surface area (Å²) in [7, 11) is 1.68. The molecule has 17 heavy (non-hydrogen) atoms. The Balaban J connectivity index is 1.84. The summed E-state index contributed by atoms with van der Waals surface area (Å²) < 4.78 is 7.52. The van der Waals surface area contributed by atoms with Crippen molar-refractivity contribution < 1.29 is 4.74 Å². The Kier molecular flexibility index (Phi) is 4.36. The molecule has 2 rings (SSSR count). The number of rotatable bonds is 6. The van der Waals surface area contributed by atoms with Gasteiger partial charge in [0.1, 0.15) is 9.34 Å². The average Bonchev–Trinajstić information content (AvgIpc) is 2.93. The highest BCUT2D eigenvalue weighted by molar-refractivity contribution is 7.15. The number of halogens is 1. The number of anilines is 1. The van der Waals surface area contributed by atoms with Crippen LogP contribution in [-0.2, 0) is 17.8 Å². The molecule has 5 nitrogen and oxygen atoms in total. The molecule has 0 aliphatic carbocycles. The third kappa shape index (κ3) is 3.69. The van der Waals surface area contributed by atoms with E-state index in [2.05, 4.69) is 15.4 Å². The summed E-state index contributed by atoms with van der Waals surface area (Å²) in [6.45, 7) is 2.07. The lowest BCUT2D eigenvalue weighted by Gasteiger charge is -2.00. The fraction of sp³-hybridized carbons (Fsp3) is 0.400. The van der Waals surface area contributed by atoms with E-state index in [-0.39, 0.29) is 0 Å². The van der Waals surface area contributed by atoms with Gasteiger partial charge in [0, 0.05) is 13.3 Å². The average molecular weight is 273 g/mol. The monoisotopic (exact) mass is 272 g/mol. The summed E-state index contributed by atoms with van der Waals surface area (Å²) in [6, 6.07) is 0. The zero-order chi connectivity index (χ0) is 12.1. The Morgan fingerprint density at radius 3 is 3.12 bits per heavy atom. The van der Waals surface area contributed by atoms with Gasteiger partial charge in [0.2, 0.25) is 0 Å². The van der Waals surface area contributed by atoms with Gasteiger partial charge < -0.3 is 10.1 Å². The SMILES string of the molecule is COCCn1cc(NCc2ncc(Cl)s2)cn1. The van der Waals surface area contributed by atoms with Crippen LogP contribution in [-0.4, -0.2) is 28.5 Å². The summed E-state index contributed by atoms with van der Waals surface area (Å²) in [5.41, 5.74) is 0.965. The molecule has 0 unspecified atom stereocenters. The fourth-order valence-electron chi connectivity index (χ4n) is 1.31. The summed E-state index contributed by atoms with van der Waals surface area (Å²) >= 11 is 7.27. The van der Waals surface area contributed by atoms with Gasteiger partial charge in [-0.1, -0.05) is 11.6 Å². The summed E-state index contributed by atoms with van der Waals surface area (Å²) in [4.78, 5) is 4.16. The Hall–Kier alpha value is -1.11. The van der Waals surface area contributed by atoms with Gasteiger partial charge in [0.05, 0.1) is 37.8 Å². The zero-order valence-electron chi connectivity index (χ0n) is 9.39. The Labute approximate surface area is 108 Å². The third-order valence-electron chi connectivity index (χ3n) is 2.13. The normalized spacial score (nSPS) is 10.7. The molecule has 0 bridgehead atoms. The second-order valence-corrected chi connectivity index (χ2v) is 5.14. The molecule has 7 heteroatoms. The Morgan fingerprint density at radius 2 is 2.41 bits per heavy atom. The minimum Gasteiger partial charge on any atom is -0.383 e. The summed E-state index contributed by atoms with van der Waals surface area (Å²) in [5.74, 6) is 0. The van der Waals surface area contributed by atoms with Crippen molar-refractivity contribution in [3.8, 4) is 0 Å². The number of hydrogen-bond acceptors (Lipinski definition) is 5. The lowest BCUT2D eigenvalue weighted by molar-refractivity contribution is 0.183. The Bertz CT molecular complexity index is 470. The van der Waals surface area contributed by atoms with E-state index >= 15 is 0 Å². The second kappa shape index (κ2) is 6.00. The standard InChI is InChI=1S/C10H13ClN4OS/c1-16-3-2-15-7-8(4-14-15)12-6-10-13-5-9(11)17-10/h4-5,7,12H,2-3,6H2,1H3. The number of nitrogens with zero attached hydrogens (tertiary/aromatic N) is 3. The maximum Gasteiger partial charge on any atom is 0.113 e. The highest BCUT2D eigenvalue weighted by atomic mass is 35.5. The van der Waals surface area contributed by atoms with Gasteiger partial charge in [-0.2, -0.15) is 5.10 Å². The molecule has 2 aromatic rings. The molecular formula is C10H13ClN4OS. The van der Waals surface area contributed by atoms with E-state index in [1.807, 2.05) is 10.9 Å². The molecule has 0 amide bonds. The van der Waals surface area contributed by atoms with Crippen molar-refractivity contribution >= 4 is 28.6 Å². The van der Waals surface area contributed by atoms with E-state index in [4.69, 9.17) is 16.3 Å². The maximum absolute atomic E-state index is 5.80. The zero-order valence-corrected chi connectivity index (χ0v) is 11.0. The second-order valence-electron chi connectivity index (χ2n) is 3.40. The first-order chi connectivity index (χ1) is 8.28. The number of aromatic nitrogens is 3. The van der Waals surface area contributed by atoms with Crippen molar-refractivity contribution in [2.45, 2.75) is 13.1 Å². The van der Waals surface area contributed by atoms with Crippen LogP contribution >= 0.6 is 22.9 Å². The van der Waals surface area contributed by atoms with Crippen LogP contribution in [0.5, 0.6) is 0 Å². The molecule has 0 spiro atoms. The number of ether oxygens (including phenoxy) is 1. The first-order valence-electron chi connectivity index (χ1n) is 5.13. The van der Waals surface area contributed by atoms with Crippen LogP contribution in [0.3, 0.4) is 0 Å². The predicted octanol–water partition coefficient (Wildman–Crippen LogP) is 2.25. The molecule has 2 heterocycles. The van der Waals surface area contributed by atoms with Gasteiger partial charge in [-0.15, -0.1) is 11.3 Å². The van der Waals surface area contributed by atoms with Crippen molar-refractivity contribution in [1.29, 1.82) is 0 Å². The first kappa shape index (κ1) is 12.3. The van der Waals surface area contributed by atoms with Crippen LogP contribution in [0.25, 0.3) is 0 Å². The lowest BCUT2D eigenvalue weighted by Crippen LogP contribution is -2.04. The Morgan fingerprint density at radius 1 is 1.53 bits per heavy atom. The van der Waals surface area contributed by atoms with E-state index < -0.39 is 0 Å². The number of methoxy groups -OCH3 is 1. The van der Waals surface area contributed by atoms with E-state index in [1.54, 1.807) is 19.5 Å². The van der Waals surface area contributed by atoms with E-state index in [0.29, 0.717) is 17.5 Å². The molecule has 2 aromatic heterocycles. The van der Waals surface area contributed by atoms with Crippen LogP contribution in [0.4, 0.5) is 5.69 Å². The molecule has 92 valence electrons. The van der Waals surface area contributed by atoms with Crippen molar-refractivity contribution in [2.24, 2.45) is 0 Å². The van der Waals surface area contributed by atoms with E-state index in [0.717, 1.165) is 17.2 Å². The maximum atomic E-state index is 5.80. The lowest BCUT2D eigenvalue weighted by atomic mass is 10.5. The minimum absolute atomic E-state index is 0.656. The molecular weight excluding hydrogens is 260 g/mol. The number of thiazole rings is 1. The van der Waals surface area contributed by atoms with Gasteiger partial charge in [-0.25, -0.2) is 4.98 Å². The number of hydrogen-bond donors (Lipinski definition) is 1. The van der Waals surface area contributed by atoms with Crippen molar-refractivity contribution in [1.82, 2.24) is 14.8 Å². The topological polar surface area (TPSA) is 52.0 Å². The predicted molar refractivity (Wildman–Crippen MR) is 68.6 cm³/mol. The molecule has 0 aliphatic heterocycles. The molecule has 0 radical (unpaired) electrons. The van der Waals surface area contributed by atoms with Gasteiger partial charge >= 0.3 is 0 Å². The van der Waals surface area contributed by atoms with E-state index in [9.17, 15) is 0 Å². The minimum atomic E-state index is 0.656. The highest BCUT2D eigenvalue weighted by Gasteiger charge is 2.01. The van der Waals surface area contributed by atoms with Gasteiger partial charge in [0.25, 0.3) is 0 Å². The van der Waals surface area contributed by atoms with Crippen LogP contribution in [0.15, 0.2) is 18.6 Å². The molecule has 1 N–H and O–H groups in total. The molecule has 0 saturated heterocycles.